The first kappa shape index (κ1) is 16.4. The molecule has 0 saturated heterocycles. The summed E-state index contributed by atoms with van der Waals surface area (Å²) in [6.07, 6.45) is 4.27. The predicted molar refractivity (Wildman–Crippen MR) is 92.3 cm³/mol. The van der Waals surface area contributed by atoms with Crippen molar-refractivity contribution in [1.29, 1.82) is 0 Å². The highest BCUT2D eigenvalue weighted by atomic mass is 35.5. The normalized spacial score (nSPS) is 11.4. The number of hydrogen-bond acceptors (Lipinski definition) is 6. The number of aromatic nitrogens is 4. The topological polar surface area (TPSA) is 89.8 Å². The first-order valence-electron chi connectivity index (χ1n) is 7.00. The van der Waals surface area contributed by atoms with Gasteiger partial charge in [-0.2, -0.15) is 4.98 Å². The van der Waals surface area contributed by atoms with E-state index < -0.39 is 10.0 Å². The molecular weight excluding hydrogens is 350 g/mol. The molecule has 0 fully saturated rings. The zero-order chi connectivity index (χ0) is 17.2. The van der Waals surface area contributed by atoms with Crippen LogP contribution in [0.25, 0.3) is 11.4 Å². The van der Waals surface area contributed by atoms with Crippen molar-refractivity contribution in [3.05, 3.63) is 59.4 Å². The second kappa shape index (κ2) is 6.58. The number of pyridine rings is 1. The Morgan fingerprint density at radius 3 is 2.58 bits per heavy atom. The van der Waals surface area contributed by atoms with Crippen LogP contribution in [0.5, 0.6) is 0 Å². The molecule has 24 heavy (non-hydrogen) atoms. The molecule has 3 aromatic rings. The van der Waals surface area contributed by atoms with Crippen molar-refractivity contribution >= 4 is 27.6 Å². The fourth-order valence-electron chi connectivity index (χ4n) is 2.04. The molecule has 9 heteroatoms. The van der Waals surface area contributed by atoms with E-state index in [1.807, 2.05) is 12.1 Å². The van der Waals surface area contributed by atoms with E-state index in [0.29, 0.717) is 17.1 Å². The van der Waals surface area contributed by atoms with Crippen molar-refractivity contribution < 1.29 is 8.42 Å². The third-order valence-electron chi connectivity index (χ3n) is 3.18. The minimum atomic E-state index is -3.59. The molecule has 1 aromatic carbocycles. The summed E-state index contributed by atoms with van der Waals surface area (Å²) in [4.78, 5) is 8.27. The number of halogens is 1. The van der Waals surface area contributed by atoms with Crippen LogP contribution in [0.1, 0.15) is 5.56 Å². The van der Waals surface area contributed by atoms with Crippen LogP contribution in [-0.4, -0.2) is 33.8 Å². The summed E-state index contributed by atoms with van der Waals surface area (Å²) in [6.45, 7) is 0.387. The first-order chi connectivity index (χ1) is 11.4. The highest BCUT2D eigenvalue weighted by Gasteiger charge is 2.18. The van der Waals surface area contributed by atoms with Gasteiger partial charge in [-0.3, -0.25) is 4.98 Å². The zero-order valence-corrected chi connectivity index (χ0v) is 14.3. The summed E-state index contributed by atoms with van der Waals surface area (Å²) in [6, 6.07) is 10.7. The van der Waals surface area contributed by atoms with Crippen LogP contribution in [0.4, 0.5) is 5.95 Å². The van der Waals surface area contributed by atoms with Gasteiger partial charge in [0.1, 0.15) is 0 Å². The Morgan fingerprint density at radius 2 is 1.96 bits per heavy atom. The van der Waals surface area contributed by atoms with Crippen molar-refractivity contribution in [1.82, 2.24) is 19.2 Å². The van der Waals surface area contributed by atoms with E-state index in [0.717, 1.165) is 15.9 Å². The molecule has 0 aliphatic heterocycles. The predicted octanol–water partition coefficient (Wildman–Crippen LogP) is 2.41. The van der Waals surface area contributed by atoms with E-state index in [2.05, 4.69) is 20.4 Å². The number of anilines is 1. The van der Waals surface area contributed by atoms with Crippen LogP contribution in [-0.2, 0) is 16.6 Å². The molecule has 0 unspecified atom stereocenters. The summed E-state index contributed by atoms with van der Waals surface area (Å²) in [5.41, 5.74) is 1.57. The molecule has 0 radical (unpaired) electrons. The van der Waals surface area contributed by atoms with E-state index in [4.69, 9.17) is 11.6 Å². The van der Waals surface area contributed by atoms with Gasteiger partial charge >= 0.3 is 0 Å². The van der Waals surface area contributed by atoms with Gasteiger partial charge in [-0.15, -0.1) is 9.19 Å². The lowest BCUT2D eigenvalue weighted by Crippen LogP contribution is -2.16. The highest BCUT2D eigenvalue weighted by Crippen LogP contribution is 2.19. The van der Waals surface area contributed by atoms with Gasteiger partial charge < -0.3 is 5.32 Å². The van der Waals surface area contributed by atoms with Crippen LogP contribution < -0.4 is 5.32 Å². The summed E-state index contributed by atoms with van der Waals surface area (Å²) < 4.78 is 24.8. The average Bonchev–Trinajstić information content (AvgIpc) is 3.00. The van der Waals surface area contributed by atoms with Gasteiger partial charge in [0.2, 0.25) is 5.95 Å². The Kier molecular flexibility index (Phi) is 4.50. The third-order valence-corrected chi connectivity index (χ3v) is 4.31. The molecule has 0 spiro atoms. The van der Waals surface area contributed by atoms with Gasteiger partial charge in [-0.1, -0.05) is 23.7 Å². The zero-order valence-electron chi connectivity index (χ0n) is 12.7. The molecule has 3 rings (SSSR count). The van der Waals surface area contributed by atoms with Gasteiger partial charge in [0.05, 0.1) is 6.26 Å². The molecule has 0 aliphatic carbocycles. The van der Waals surface area contributed by atoms with Crippen LogP contribution in [0, 0.1) is 0 Å². The number of nitrogens with one attached hydrogen (secondary N) is 1. The number of rotatable bonds is 5. The molecule has 0 bridgehead atoms. The molecule has 0 amide bonds. The summed E-state index contributed by atoms with van der Waals surface area (Å²) in [7, 11) is -3.59. The second-order valence-corrected chi connectivity index (χ2v) is 7.34. The molecule has 0 atom stereocenters. The monoisotopic (exact) mass is 363 g/mol. The molecule has 1 N–H and O–H groups in total. The molecule has 0 saturated carbocycles. The smallest absolute Gasteiger partial charge is 0.254 e. The largest absolute Gasteiger partial charge is 0.349 e. The second-order valence-electron chi connectivity index (χ2n) is 5.09. The minimum absolute atomic E-state index is 0.145. The summed E-state index contributed by atoms with van der Waals surface area (Å²) >= 11 is 5.85. The van der Waals surface area contributed by atoms with Crippen molar-refractivity contribution in [3.63, 3.8) is 0 Å². The molecular formula is C15H14ClN5O2S. The average molecular weight is 364 g/mol. The lowest BCUT2D eigenvalue weighted by molar-refractivity contribution is 0.587. The Morgan fingerprint density at radius 1 is 1.21 bits per heavy atom. The van der Waals surface area contributed by atoms with Gasteiger partial charge in [0, 0.05) is 29.5 Å². The van der Waals surface area contributed by atoms with Gasteiger partial charge in [0.25, 0.3) is 10.0 Å². The van der Waals surface area contributed by atoms with E-state index in [1.54, 1.807) is 36.7 Å². The molecule has 124 valence electrons. The maximum absolute atomic E-state index is 11.9. The fraction of sp³-hybridized carbons (Fsp3) is 0.133. The molecule has 2 aromatic heterocycles. The Bertz CT molecular complexity index is 940. The third kappa shape index (κ3) is 3.72. The standard InChI is InChI=1S/C15H14ClN5O2S/c1-24(22,23)21-15(18-9-11-4-6-13(16)7-5-11)19-14(20-21)12-3-2-8-17-10-12/h2-8,10H,9H2,1H3,(H,18,19,20). The van der Waals surface area contributed by atoms with Crippen LogP contribution in [0.15, 0.2) is 48.8 Å². The lowest BCUT2D eigenvalue weighted by atomic mass is 10.2. The van der Waals surface area contributed by atoms with Crippen molar-refractivity contribution in [2.75, 3.05) is 11.6 Å². The quantitative estimate of drug-likeness (QED) is 0.748. The van der Waals surface area contributed by atoms with E-state index in [-0.39, 0.29) is 11.8 Å². The van der Waals surface area contributed by atoms with Gasteiger partial charge in [0.15, 0.2) is 5.82 Å². The van der Waals surface area contributed by atoms with Crippen LogP contribution in [0.2, 0.25) is 5.02 Å². The molecule has 7 nitrogen and oxygen atoms in total. The Balaban J connectivity index is 1.91. The van der Waals surface area contributed by atoms with Crippen LogP contribution >= 0.6 is 11.6 Å². The molecule has 0 aliphatic rings. The van der Waals surface area contributed by atoms with Gasteiger partial charge in [-0.05, 0) is 29.8 Å². The fourth-order valence-corrected chi connectivity index (χ4v) is 2.81. The number of benzene rings is 1. The van der Waals surface area contributed by atoms with Crippen LogP contribution in [0.3, 0.4) is 0 Å². The maximum Gasteiger partial charge on any atom is 0.254 e. The number of nitrogens with zero attached hydrogens (tertiary/aromatic N) is 4. The van der Waals surface area contributed by atoms with Gasteiger partial charge in [-0.25, -0.2) is 8.42 Å². The summed E-state index contributed by atoms with van der Waals surface area (Å²) in [5.74, 6) is 0.429. The summed E-state index contributed by atoms with van der Waals surface area (Å²) in [5, 5.41) is 7.70. The maximum atomic E-state index is 11.9. The lowest BCUT2D eigenvalue weighted by Gasteiger charge is -2.06. The van der Waals surface area contributed by atoms with Crippen molar-refractivity contribution in [2.24, 2.45) is 0 Å². The Hall–Kier alpha value is -2.45. The first-order valence-corrected chi connectivity index (χ1v) is 9.22. The highest BCUT2D eigenvalue weighted by molar-refractivity contribution is 7.89. The number of hydrogen-bond donors (Lipinski definition) is 1. The van der Waals surface area contributed by atoms with Crippen molar-refractivity contribution in [2.45, 2.75) is 6.54 Å². The van der Waals surface area contributed by atoms with E-state index >= 15 is 0 Å². The van der Waals surface area contributed by atoms with Crippen molar-refractivity contribution in [3.8, 4) is 11.4 Å². The SMILES string of the molecule is CS(=O)(=O)n1nc(-c2cccnc2)nc1NCc1ccc(Cl)cc1. The van der Waals surface area contributed by atoms with E-state index in [1.165, 1.54) is 0 Å². The Labute approximate surface area is 144 Å². The van der Waals surface area contributed by atoms with E-state index in [9.17, 15) is 8.42 Å². The minimum Gasteiger partial charge on any atom is -0.349 e. The molecule has 2 heterocycles.